The lowest BCUT2D eigenvalue weighted by Gasteiger charge is -2.31. The van der Waals surface area contributed by atoms with Crippen molar-refractivity contribution < 1.29 is 9.59 Å². The Labute approximate surface area is 206 Å². The van der Waals surface area contributed by atoms with Gasteiger partial charge in [-0.25, -0.2) is 9.97 Å². The molecule has 2 N–H and O–H groups in total. The number of amides is 2. The Kier molecular flexibility index (Phi) is 7.87. The lowest BCUT2D eigenvalue weighted by atomic mass is 9.85. The first kappa shape index (κ1) is 24.5. The Morgan fingerprint density at radius 1 is 1.14 bits per heavy atom. The zero-order valence-electron chi connectivity index (χ0n) is 20.5. The normalized spacial score (nSPS) is 17.8. The van der Waals surface area contributed by atoms with E-state index in [1.165, 1.54) is 6.08 Å². The number of nitrogens with one attached hydrogen (secondary N) is 2. The van der Waals surface area contributed by atoms with Gasteiger partial charge in [-0.2, -0.15) is 0 Å². The molecule has 1 aliphatic carbocycles. The molecule has 7 nitrogen and oxygen atoms in total. The standard InChI is InChI=1S/C28H33N5O2/c1-4-26(34)31-24-8-6-7-20-11-12-21(17-23(20)24)27-29-16-15-25(32-27)28(35)30-22-13-9-19(10-14-22)18-33(3)5-2/h4,6-8,11-12,15-17,19,22H,1,5,9-10,13-14,18H2,2-3H3,(H,30,35)(H,31,34)/t19-,22-. The molecule has 0 radical (unpaired) electrons. The third-order valence-electron chi connectivity index (χ3n) is 6.76. The molecular weight excluding hydrogens is 438 g/mol. The van der Waals surface area contributed by atoms with E-state index in [1.807, 2.05) is 36.4 Å². The molecule has 2 aromatic carbocycles. The molecule has 3 aromatic rings. The predicted molar refractivity (Wildman–Crippen MR) is 140 cm³/mol. The Bertz CT molecular complexity index is 1220. The van der Waals surface area contributed by atoms with E-state index in [1.54, 1.807) is 12.3 Å². The number of benzene rings is 2. The number of carbonyl (C=O) groups is 2. The number of carbonyl (C=O) groups excluding carboxylic acids is 2. The van der Waals surface area contributed by atoms with Gasteiger partial charge >= 0.3 is 0 Å². The van der Waals surface area contributed by atoms with Crippen molar-refractivity contribution in [1.82, 2.24) is 20.2 Å². The maximum Gasteiger partial charge on any atom is 0.270 e. The highest BCUT2D eigenvalue weighted by atomic mass is 16.2. The van der Waals surface area contributed by atoms with Crippen molar-refractivity contribution in [2.45, 2.75) is 38.6 Å². The minimum atomic E-state index is -0.274. The number of fused-ring (bicyclic) bond motifs is 1. The minimum Gasteiger partial charge on any atom is -0.348 e. The summed E-state index contributed by atoms with van der Waals surface area (Å²) in [6.07, 6.45) is 7.11. The average Bonchev–Trinajstić information content (AvgIpc) is 2.89. The van der Waals surface area contributed by atoms with Crippen LogP contribution in [0.3, 0.4) is 0 Å². The average molecular weight is 472 g/mol. The first-order chi connectivity index (χ1) is 17.0. The van der Waals surface area contributed by atoms with Crippen LogP contribution in [-0.4, -0.2) is 52.9 Å². The fraction of sp³-hybridized carbons (Fsp3) is 0.357. The number of anilines is 1. The fourth-order valence-electron chi connectivity index (χ4n) is 4.65. The van der Waals surface area contributed by atoms with Crippen LogP contribution in [0.5, 0.6) is 0 Å². The molecule has 7 heteroatoms. The van der Waals surface area contributed by atoms with Crippen LogP contribution in [0.2, 0.25) is 0 Å². The number of nitrogens with zero attached hydrogens (tertiary/aromatic N) is 3. The van der Waals surface area contributed by atoms with Crippen LogP contribution in [0.15, 0.2) is 61.3 Å². The van der Waals surface area contributed by atoms with Crippen molar-refractivity contribution in [1.29, 1.82) is 0 Å². The van der Waals surface area contributed by atoms with Gasteiger partial charge in [0.15, 0.2) is 5.82 Å². The first-order valence-electron chi connectivity index (χ1n) is 12.3. The zero-order chi connectivity index (χ0) is 24.8. The van der Waals surface area contributed by atoms with Crippen LogP contribution in [0.1, 0.15) is 43.1 Å². The molecule has 1 fully saturated rings. The van der Waals surface area contributed by atoms with Gasteiger partial charge in [0.05, 0.1) is 0 Å². The van der Waals surface area contributed by atoms with Gasteiger partial charge in [-0.1, -0.05) is 37.8 Å². The number of hydrogen-bond acceptors (Lipinski definition) is 5. The molecule has 2 amide bonds. The first-order valence-corrected chi connectivity index (χ1v) is 12.3. The third-order valence-corrected chi connectivity index (χ3v) is 6.76. The highest BCUT2D eigenvalue weighted by molar-refractivity contribution is 6.06. The Hall–Kier alpha value is -3.58. The van der Waals surface area contributed by atoms with E-state index in [2.05, 4.69) is 46.1 Å². The van der Waals surface area contributed by atoms with Crippen molar-refractivity contribution in [3.8, 4) is 11.4 Å². The number of aromatic nitrogens is 2. The quantitative estimate of drug-likeness (QED) is 0.467. The van der Waals surface area contributed by atoms with E-state index < -0.39 is 0 Å². The van der Waals surface area contributed by atoms with Gasteiger partial charge in [-0.05, 0) is 74.9 Å². The second-order valence-electron chi connectivity index (χ2n) is 9.25. The van der Waals surface area contributed by atoms with Gasteiger partial charge in [0.2, 0.25) is 5.91 Å². The van der Waals surface area contributed by atoms with Crippen molar-refractivity contribution in [2.75, 3.05) is 25.5 Å². The molecule has 1 saturated carbocycles. The summed E-state index contributed by atoms with van der Waals surface area (Å²) in [4.78, 5) is 36.1. The summed E-state index contributed by atoms with van der Waals surface area (Å²) in [5.41, 5.74) is 1.81. The molecule has 4 rings (SSSR count). The molecule has 1 aromatic heterocycles. The molecule has 0 saturated heterocycles. The summed E-state index contributed by atoms with van der Waals surface area (Å²) in [7, 11) is 2.16. The van der Waals surface area contributed by atoms with Crippen LogP contribution in [0, 0.1) is 5.92 Å². The van der Waals surface area contributed by atoms with Gasteiger partial charge in [0.1, 0.15) is 5.69 Å². The van der Waals surface area contributed by atoms with E-state index in [4.69, 9.17) is 0 Å². The van der Waals surface area contributed by atoms with E-state index in [0.29, 0.717) is 23.1 Å². The molecule has 0 unspecified atom stereocenters. The molecule has 182 valence electrons. The second-order valence-corrected chi connectivity index (χ2v) is 9.25. The molecule has 0 atom stereocenters. The van der Waals surface area contributed by atoms with Crippen LogP contribution < -0.4 is 10.6 Å². The lowest BCUT2D eigenvalue weighted by molar-refractivity contribution is -0.111. The summed E-state index contributed by atoms with van der Waals surface area (Å²) in [6.45, 7) is 7.88. The van der Waals surface area contributed by atoms with Crippen LogP contribution in [-0.2, 0) is 4.79 Å². The number of rotatable bonds is 8. The molecule has 1 aliphatic rings. The van der Waals surface area contributed by atoms with Crippen LogP contribution >= 0.6 is 0 Å². The predicted octanol–water partition coefficient (Wildman–Crippen LogP) is 4.66. The Balaban J connectivity index is 1.47. The van der Waals surface area contributed by atoms with Crippen molar-refractivity contribution >= 4 is 28.3 Å². The van der Waals surface area contributed by atoms with E-state index in [-0.39, 0.29) is 17.9 Å². The van der Waals surface area contributed by atoms with E-state index in [9.17, 15) is 9.59 Å². The van der Waals surface area contributed by atoms with Crippen molar-refractivity contribution in [3.63, 3.8) is 0 Å². The molecule has 0 bridgehead atoms. The van der Waals surface area contributed by atoms with Gasteiger partial charge in [0.25, 0.3) is 5.91 Å². The maximum absolute atomic E-state index is 13.0. The monoisotopic (exact) mass is 471 g/mol. The largest absolute Gasteiger partial charge is 0.348 e. The molecule has 35 heavy (non-hydrogen) atoms. The topological polar surface area (TPSA) is 87.2 Å². The van der Waals surface area contributed by atoms with Crippen LogP contribution in [0.4, 0.5) is 5.69 Å². The summed E-state index contributed by atoms with van der Waals surface area (Å²) in [6, 6.07) is 13.3. The zero-order valence-corrected chi connectivity index (χ0v) is 20.5. The van der Waals surface area contributed by atoms with Crippen molar-refractivity contribution in [3.05, 3.63) is 67.0 Å². The summed E-state index contributed by atoms with van der Waals surface area (Å²) < 4.78 is 0. The maximum atomic E-state index is 13.0. The molecule has 0 aliphatic heterocycles. The second kappa shape index (κ2) is 11.2. The highest BCUT2D eigenvalue weighted by Crippen LogP contribution is 2.28. The minimum absolute atomic E-state index is 0.164. The number of hydrogen-bond donors (Lipinski definition) is 2. The lowest BCUT2D eigenvalue weighted by Crippen LogP contribution is -2.39. The van der Waals surface area contributed by atoms with Crippen LogP contribution in [0.25, 0.3) is 22.2 Å². The molecular formula is C28H33N5O2. The summed E-state index contributed by atoms with van der Waals surface area (Å²) in [5, 5.41) is 7.85. The Morgan fingerprint density at radius 3 is 2.69 bits per heavy atom. The Morgan fingerprint density at radius 2 is 1.94 bits per heavy atom. The smallest absolute Gasteiger partial charge is 0.270 e. The summed E-state index contributed by atoms with van der Waals surface area (Å²) >= 11 is 0. The van der Waals surface area contributed by atoms with E-state index in [0.717, 1.165) is 55.1 Å². The molecule has 1 heterocycles. The molecule has 0 spiro atoms. The third kappa shape index (κ3) is 6.11. The SMILES string of the molecule is C=CC(=O)Nc1cccc2ccc(-c3nccc(C(=O)N[C@H]4CC[C@H](CN(C)CC)CC4)n3)cc12. The summed E-state index contributed by atoms with van der Waals surface area (Å²) in [5.74, 6) is 0.732. The van der Waals surface area contributed by atoms with Gasteiger partial charge < -0.3 is 15.5 Å². The van der Waals surface area contributed by atoms with Gasteiger partial charge in [0, 0.05) is 35.4 Å². The van der Waals surface area contributed by atoms with Crippen molar-refractivity contribution in [2.24, 2.45) is 5.92 Å². The van der Waals surface area contributed by atoms with Gasteiger partial charge in [-0.3, -0.25) is 9.59 Å². The van der Waals surface area contributed by atoms with E-state index >= 15 is 0 Å². The fourth-order valence-corrected chi connectivity index (χ4v) is 4.65. The van der Waals surface area contributed by atoms with Gasteiger partial charge in [-0.15, -0.1) is 0 Å². The highest BCUT2D eigenvalue weighted by Gasteiger charge is 2.24.